The largest absolute Gasteiger partial charge is 0.304 e. The van der Waals surface area contributed by atoms with Gasteiger partial charge in [-0.2, -0.15) is 0 Å². The Morgan fingerprint density at radius 2 is 1.67 bits per heavy atom. The van der Waals surface area contributed by atoms with Crippen molar-refractivity contribution in [3.05, 3.63) is 35.9 Å². The Balaban J connectivity index is 1.71. The number of nitrogens with zero attached hydrogens (tertiary/aromatic N) is 3. The molecule has 2 rings (SSSR count). The molecule has 0 amide bonds. The Labute approximate surface area is 130 Å². The van der Waals surface area contributed by atoms with Crippen molar-refractivity contribution in [3.63, 3.8) is 0 Å². The molecule has 3 nitrogen and oxygen atoms in total. The SMILES string of the molecule is CCCN(CCc1ccccc1)CCN1CCN(C)CC1. The Morgan fingerprint density at radius 3 is 2.33 bits per heavy atom. The van der Waals surface area contributed by atoms with E-state index in [0.29, 0.717) is 0 Å². The summed E-state index contributed by atoms with van der Waals surface area (Å²) >= 11 is 0. The van der Waals surface area contributed by atoms with Gasteiger partial charge in [0.1, 0.15) is 0 Å². The summed E-state index contributed by atoms with van der Waals surface area (Å²) in [5, 5.41) is 0. The van der Waals surface area contributed by atoms with Gasteiger partial charge in [-0.25, -0.2) is 0 Å². The van der Waals surface area contributed by atoms with Gasteiger partial charge in [-0.15, -0.1) is 0 Å². The van der Waals surface area contributed by atoms with Crippen LogP contribution in [0.4, 0.5) is 0 Å². The molecule has 0 bridgehead atoms. The minimum Gasteiger partial charge on any atom is -0.304 e. The minimum absolute atomic E-state index is 1.17. The number of rotatable bonds is 8. The molecule has 1 aliphatic heterocycles. The van der Waals surface area contributed by atoms with E-state index in [-0.39, 0.29) is 0 Å². The molecule has 1 aromatic carbocycles. The zero-order valence-corrected chi connectivity index (χ0v) is 13.8. The van der Waals surface area contributed by atoms with Crippen molar-refractivity contribution in [2.75, 3.05) is 59.4 Å². The summed E-state index contributed by atoms with van der Waals surface area (Å²) < 4.78 is 0. The van der Waals surface area contributed by atoms with Crippen molar-refractivity contribution < 1.29 is 0 Å². The first-order chi connectivity index (χ1) is 10.3. The second-order valence-corrected chi connectivity index (χ2v) is 6.22. The molecule has 0 N–H and O–H groups in total. The zero-order valence-electron chi connectivity index (χ0n) is 13.8. The van der Waals surface area contributed by atoms with E-state index in [2.05, 4.69) is 59.0 Å². The fraction of sp³-hybridized carbons (Fsp3) is 0.667. The molecular weight excluding hydrogens is 258 g/mol. The molecule has 0 unspecified atom stereocenters. The molecule has 118 valence electrons. The molecule has 0 spiro atoms. The van der Waals surface area contributed by atoms with Gasteiger partial charge in [0.2, 0.25) is 0 Å². The van der Waals surface area contributed by atoms with Gasteiger partial charge >= 0.3 is 0 Å². The topological polar surface area (TPSA) is 9.72 Å². The van der Waals surface area contributed by atoms with Crippen molar-refractivity contribution in [2.24, 2.45) is 0 Å². The summed E-state index contributed by atoms with van der Waals surface area (Å²) in [6, 6.07) is 10.9. The van der Waals surface area contributed by atoms with E-state index in [1.807, 2.05) is 0 Å². The second kappa shape index (κ2) is 9.19. The highest BCUT2D eigenvalue weighted by Crippen LogP contribution is 2.04. The molecule has 1 fully saturated rings. The van der Waals surface area contributed by atoms with E-state index in [1.165, 1.54) is 70.8 Å². The Morgan fingerprint density at radius 1 is 0.952 bits per heavy atom. The smallest absolute Gasteiger partial charge is 0.0110 e. The summed E-state index contributed by atoms with van der Waals surface area (Å²) in [7, 11) is 2.22. The Kier molecular flexibility index (Phi) is 7.20. The van der Waals surface area contributed by atoms with Crippen LogP contribution in [0, 0.1) is 0 Å². The second-order valence-electron chi connectivity index (χ2n) is 6.22. The quantitative estimate of drug-likeness (QED) is 0.726. The van der Waals surface area contributed by atoms with Crippen LogP contribution in [-0.2, 0) is 6.42 Å². The molecule has 0 radical (unpaired) electrons. The summed E-state index contributed by atoms with van der Waals surface area (Å²) in [4.78, 5) is 7.67. The van der Waals surface area contributed by atoms with Crippen LogP contribution in [0.5, 0.6) is 0 Å². The van der Waals surface area contributed by atoms with Crippen molar-refractivity contribution >= 4 is 0 Å². The van der Waals surface area contributed by atoms with Gasteiger partial charge in [0, 0.05) is 45.8 Å². The molecule has 1 saturated heterocycles. The molecule has 0 aromatic heterocycles. The maximum Gasteiger partial charge on any atom is 0.0110 e. The Bertz CT molecular complexity index is 371. The van der Waals surface area contributed by atoms with Gasteiger partial charge in [0.25, 0.3) is 0 Å². The molecule has 1 aromatic rings. The minimum atomic E-state index is 1.17. The molecule has 0 saturated carbocycles. The Hall–Kier alpha value is -0.900. The predicted molar refractivity (Wildman–Crippen MR) is 90.8 cm³/mol. The van der Waals surface area contributed by atoms with E-state index in [4.69, 9.17) is 0 Å². The van der Waals surface area contributed by atoms with E-state index >= 15 is 0 Å². The maximum atomic E-state index is 2.63. The van der Waals surface area contributed by atoms with Gasteiger partial charge < -0.3 is 9.80 Å². The molecule has 0 aliphatic carbocycles. The fourth-order valence-corrected chi connectivity index (χ4v) is 2.94. The van der Waals surface area contributed by atoms with Crippen molar-refractivity contribution in [1.29, 1.82) is 0 Å². The third kappa shape index (κ3) is 6.16. The van der Waals surface area contributed by atoms with Crippen LogP contribution in [0.25, 0.3) is 0 Å². The van der Waals surface area contributed by atoms with Gasteiger partial charge in [-0.05, 0) is 32.0 Å². The van der Waals surface area contributed by atoms with Crippen molar-refractivity contribution in [1.82, 2.24) is 14.7 Å². The van der Waals surface area contributed by atoms with Gasteiger partial charge in [-0.1, -0.05) is 37.3 Å². The van der Waals surface area contributed by atoms with E-state index in [9.17, 15) is 0 Å². The highest BCUT2D eigenvalue weighted by atomic mass is 15.3. The fourth-order valence-electron chi connectivity index (χ4n) is 2.94. The van der Waals surface area contributed by atoms with E-state index in [0.717, 1.165) is 0 Å². The average Bonchev–Trinajstić information content (AvgIpc) is 2.52. The summed E-state index contributed by atoms with van der Waals surface area (Å²) in [5.41, 5.74) is 1.46. The first-order valence-electron chi connectivity index (χ1n) is 8.45. The lowest BCUT2D eigenvalue weighted by molar-refractivity contribution is 0.135. The van der Waals surface area contributed by atoms with E-state index < -0.39 is 0 Å². The predicted octanol–water partition coefficient (Wildman–Crippen LogP) is 2.19. The molecular formula is C18H31N3. The van der Waals surface area contributed by atoms with Crippen LogP contribution in [-0.4, -0.2) is 74.1 Å². The number of piperazine rings is 1. The van der Waals surface area contributed by atoms with E-state index in [1.54, 1.807) is 0 Å². The highest BCUT2D eigenvalue weighted by Gasteiger charge is 2.14. The molecule has 0 atom stereocenters. The van der Waals surface area contributed by atoms with Crippen LogP contribution in [0.3, 0.4) is 0 Å². The normalized spacial score (nSPS) is 17.5. The number of hydrogen-bond donors (Lipinski definition) is 0. The zero-order chi connectivity index (χ0) is 14.9. The number of benzene rings is 1. The first kappa shape index (κ1) is 16.5. The van der Waals surface area contributed by atoms with Crippen LogP contribution in [0.15, 0.2) is 30.3 Å². The lowest BCUT2D eigenvalue weighted by Gasteiger charge is -2.34. The summed E-state index contributed by atoms with van der Waals surface area (Å²) in [6.45, 7) is 12.0. The standard InChI is InChI=1S/C18H31N3/c1-3-10-20(11-9-18-7-5-4-6-8-18)16-17-21-14-12-19(2)13-15-21/h4-8H,3,9-17H2,1-2H3. The third-order valence-electron chi connectivity index (χ3n) is 4.43. The van der Waals surface area contributed by atoms with Crippen molar-refractivity contribution in [3.8, 4) is 0 Å². The average molecular weight is 289 g/mol. The van der Waals surface area contributed by atoms with Crippen LogP contribution in [0.1, 0.15) is 18.9 Å². The molecule has 21 heavy (non-hydrogen) atoms. The van der Waals surface area contributed by atoms with Gasteiger partial charge in [-0.3, -0.25) is 4.90 Å². The molecule has 3 heteroatoms. The lowest BCUT2D eigenvalue weighted by atomic mass is 10.1. The number of likely N-dealkylation sites (N-methyl/N-ethyl adjacent to an activating group) is 1. The monoisotopic (exact) mass is 289 g/mol. The molecule has 1 aliphatic rings. The van der Waals surface area contributed by atoms with Crippen LogP contribution in [0.2, 0.25) is 0 Å². The van der Waals surface area contributed by atoms with Crippen LogP contribution >= 0.6 is 0 Å². The lowest BCUT2D eigenvalue weighted by Crippen LogP contribution is -2.47. The molecule has 1 heterocycles. The third-order valence-corrected chi connectivity index (χ3v) is 4.43. The number of hydrogen-bond acceptors (Lipinski definition) is 3. The van der Waals surface area contributed by atoms with Gasteiger partial charge in [0.05, 0.1) is 0 Å². The van der Waals surface area contributed by atoms with Crippen LogP contribution < -0.4 is 0 Å². The highest BCUT2D eigenvalue weighted by molar-refractivity contribution is 5.14. The maximum absolute atomic E-state index is 2.63. The first-order valence-corrected chi connectivity index (χ1v) is 8.45. The van der Waals surface area contributed by atoms with Gasteiger partial charge in [0.15, 0.2) is 0 Å². The van der Waals surface area contributed by atoms with Crippen molar-refractivity contribution in [2.45, 2.75) is 19.8 Å². The summed E-state index contributed by atoms with van der Waals surface area (Å²) in [6.07, 6.45) is 2.42. The summed E-state index contributed by atoms with van der Waals surface area (Å²) in [5.74, 6) is 0.